The van der Waals surface area contributed by atoms with Gasteiger partial charge in [0.15, 0.2) is 0 Å². The highest BCUT2D eigenvalue weighted by Gasteiger charge is 2.36. The lowest BCUT2D eigenvalue weighted by molar-refractivity contribution is 0.0589. The summed E-state index contributed by atoms with van der Waals surface area (Å²) < 4.78 is 0. The standard InChI is InChI=1S/C23H26N2O2/c26-22-20-12-4-5-13-21(20)23(27)25(22)17-19-11-7-15-24(16-19)14-6-10-18-8-2-1-3-9-18/h1-5,8-9,12-13,19H,6-7,10-11,14-17H2. The highest BCUT2D eigenvalue weighted by Crippen LogP contribution is 2.26. The number of nitrogens with zero attached hydrogens (tertiary/aromatic N) is 2. The van der Waals surface area contributed by atoms with E-state index in [1.54, 1.807) is 12.1 Å². The number of aryl methyl sites for hydroxylation is 1. The predicted molar refractivity (Wildman–Crippen MR) is 106 cm³/mol. The number of hydrogen-bond donors (Lipinski definition) is 0. The quantitative estimate of drug-likeness (QED) is 0.737. The molecule has 4 rings (SSSR count). The van der Waals surface area contributed by atoms with Crippen LogP contribution in [0.5, 0.6) is 0 Å². The molecule has 2 amide bonds. The predicted octanol–water partition coefficient (Wildman–Crippen LogP) is 3.63. The zero-order chi connectivity index (χ0) is 18.6. The van der Waals surface area contributed by atoms with Crippen LogP contribution in [0.2, 0.25) is 0 Å². The maximum absolute atomic E-state index is 12.6. The summed E-state index contributed by atoms with van der Waals surface area (Å²) in [7, 11) is 0. The topological polar surface area (TPSA) is 40.6 Å². The summed E-state index contributed by atoms with van der Waals surface area (Å²) in [4.78, 5) is 29.1. The van der Waals surface area contributed by atoms with Crippen molar-refractivity contribution >= 4 is 11.8 Å². The van der Waals surface area contributed by atoms with Gasteiger partial charge in [0.05, 0.1) is 11.1 Å². The zero-order valence-corrected chi connectivity index (χ0v) is 15.6. The van der Waals surface area contributed by atoms with Crippen molar-refractivity contribution in [2.24, 2.45) is 5.92 Å². The Balaban J connectivity index is 1.30. The highest BCUT2D eigenvalue weighted by molar-refractivity contribution is 6.21. The van der Waals surface area contributed by atoms with Crippen molar-refractivity contribution in [3.8, 4) is 0 Å². The van der Waals surface area contributed by atoms with Crippen LogP contribution in [0.3, 0.4) is 0 Å². The van der Waals surface area contributed by atoms with Crippen molar-refractivity contribution < 1.29 is 9.59 Å². The summed E-state index contributed by atoms with van der Waals surface area (Å²) in [6, 6.07) is 17.8. The van der Waals surface area contributed by atoms with E-state index in [-0.39, 0.29) is 11.8 Å². The molecule has 2 heterocycles. The van der Waals surface area contributed by atoms with Crippen LogP contribution < -0.4 is 0 Å². The average molecular weight is 362 g/mol. The minimum Gasteiger partial charge on any atom is -0.303 e. The Morgan fingerprint density at radius 3 is 2.26 bits per heavy atom. The summed E-state index contributed by atoms with van der Waals surface area (Å²) in [6.07, 6.45) is 4.46. The van der Waals surface area contributed by atoms with Gasteiger partial charge in [-0.15, -0.1) is 0 Å². The zero-order valence-electron chi connectivity index (χ0n) is 15.6. The molecule has 0 bridgehead atoms. The van der Waals surface area contributed by atoms with Gasteiger partial charge >= 0.3 is 0 Å². The van der Waals surface area contributed by atoms with Crippen molar-refractivity contribution in [2.45, 2.75) is 25.7 Å². The second-order valence-corrected chi connectivity index (χ2v) is 7.66. The number of carbonyl (C=O) groups is 2. The molecule has 1 unspecified atom stereocenters. The Morgan fingerprint density at radius 1 is 0.889 bits per heavy atom. The molecule has 2 aromatic rings. The molecule has 0 saturated carbocycles. The van der Waals surface area contributed by atoms with Gasteiger partial charge in [0.1, 0.15) is 0 Å². The number of carbonyl (C=O) groups excluding carboxylic acids is 2. The third-order valence-electron chi connectivity index (χ3n) is 5.70. The number of benzene rings is 2. The normalized spacial score (nSPS) is 20.1. The highest BCUT2D eigenvalue weighted by atomic mass is 16.2. The first-order valence-electron chi connectivity index (χ1n) is 9.94. The van der Waals surface area contributed by atoms with Crippen molar-refractivity contribution in [3.05, 3.63) is 71.3 Å². The smallest absolute Gasteiger partial charge is 0.261 e. The molecule has 1 saturated heterocycles. The van der Waals surface area contributed by atoms with Gasteiger partial charge < -0.3 is 4.90 Å². The first-order chi connectivity index (χ1) is 13.2. The molecular weight excluding hydrogens is 336 g/mol. The van der Waals surface area contributed by atoms with Crippen molar-refractivity contribution in [3.63, 3.8) is 0 Å². The van der Waals surface area contributed by atoms with Gasteiger partial charge in [0.25, 0.3) is 11.8 Å². The number of rotatable bonds is 6. The fraction of sp³-hybridized carbons (Fsp3) is 0.391. The molecular formula is C23H26N2O2. The molecule has 27 heavy (non-hydrogen) atoms. The lowest BCUT2D eigenvalue weighted by atomic mass is 9.97. The van der Waals surface area contributed by atoms with Crippen LogP contribution in [-0.4, -0.2) is 47.8 Å². The summed E-state index contributed by atoms with van der Waals surface area (Å²) >= 11 is 0. The molecule has 2 aliphatic rings. The molecule has 4 nitrogen and oxygen atoms in total. The maximum atomic E-state index is 12.6. The van der Waals surface area contributed by atoms with Gasteiger partial charge in [-0.25, -0.2) is 0 Å². The maximum Gasteiger partial charge on any atom is 0.261 e. The molecule has 1 atom stereocenters. The summed E-state index contributed by atoms with van der Waals surface area (Å²) in [5, 5.41) is 0. The van der Waals surface area contributed by atoms with Crippen LogP contribution in [0.1, 0.15) is 45.5 Å². The molecule has 4 heteroatoms. The van der Waals surface area contributed by atoms with Crippen LogP contribution >= 0.6 is 0 Å². The Bertz CT molecular complexity index is 783. The van der Waals surface area contributed by atoms with Crippen LogP contribution in [0.25, 0.3) is 0 Å². The minimum atomic E-state index is -0.128. The van der Waals surface area contributed by atoms with E-state index in [0.29, 0.717) is 23.6 Å². The van der Waals surface area contributed by atoms with Crippen LogP contribution in [0.15, 0.2) is 54.6 Å². The van der Waals surface area contributed by atoms with Gasteiger partial charge in [-0.3, -0.25) is 14.5 Å². The van der Waals surface area contributed by atoms with E-state index in [1.165, 1.54) is 10.5 Å². The molecule has 2 aromatic carbocycles. The molecule has 1 fully saturated rings. The lowest BCUT2D eigenvalue weighted by Crippen LogP contribution is -2.43. The third-order valence-corrected chi connectivity index (χ3v) is 5.70. The number of imide groups is 1. The number of amides is 2. The van der Waals surface area contributed by atoms with E-state index in [1.807, 2.05) is 12.1 Å². The Labute approximate surface area is 160 Å². The average Bonchev–Trinajstić information content (AvgIpc) is 2.94. The number of hydrogen-bond acceptors (Lipinski definition) is 3. The largest absolute Gasteiger partial charge is 0.303 e. The second kappa shape index (κ2) is 8.05. The summed E-state index contributed by atoms with van der Waals surface area (Å²) in [5.41, 5.74) is 2.49. The molecule has 0 radical (unpaired) electrons. The number of fused-ring (bicyclic) bond motifs is 1. The number of likely N-dealkylation sites (tertiary alicyclic amines) is 1. The lowest BCUT2D eigenvalue weighted by Gasteiger charge is -2.34. The fourth-order valence-corrected chi connectivity index (χ4v) is 4.32. The van der Waals surface area contributed by atoms with Crippen LogP contribution in [0.4, 0.5) is 0 Å². The number of piperidine rings is 1. The molecule has 140 valence electrons. The SMILES string of the molecule is O=C1c2ccccc2C(=O)N1CC1CCCN(CCCc2ccccc2)C1. The van der Waals surface area contributed by atoms with Gasteiger partial charge in [0, 0.05) is 13.1 Å². The Hall–Kier alpha value is -2.46. The van der Waals surface area contributed by atoms with E-state index < -0.39 is 0 Å². The van der Waals surface area contributed by atoms with E-state index in [9.17, 15) is 9.59 Å². The Morgan fingerprint density at radius 2 is 1.56 bits per heavy atom. The van der Waals surface area contributed by atoms with Crippen LogP contribution in [0, 0.1) is 5.92 Å². The van der Waals surface area contributed by atoms with Crippen molar-refractivity contribution in [1.29, 1.82) is 0 Å². The Kier molecular flexibility index (Phi) is 5.35. The molecule has 0 aromatic heterocycles. The molecule has 0 spiro atoms. The monoisotopic (exact) mass is 362 g/mol. The second-order valence-electron chi connectivity index (χ2n) is 7.66. The molecule has 2 aliphatic heterocycles. The van der Waals surface area contributed by atoms with Gasteiger partial charge in [-0.05, 0) is 62.4 Å². The van der Waals surface area contributed by atoms with E-state index in [4.69, 9.17) is 0 Å². The van der Waals surface area contributed by atoms with Gasteiger partial charge in [0.2, 0.25) is 0 Å². The summed E-state index contributed by atoms with van der Waals surface area (Å²) in [6.45, 7) is 3.71. The van der Waals surface area contributed by atoms with Crippen LogP contribution in [-0.2, 0) is 6.42 Å². The van der Waals surface area contributed by atoms with Crippen molar-refractivity contribution in [2.75, 3.05) is 26.2 Å². The summed E-state index contributed by atoms with van der Waals surface area (Å²) in [5.74, 6) is 0.117. The first-order valence-corrected chi connectivity index (χ1v) is 9.94. The van der Waals surface area contributed by atoms with E-state index in [2.05, 4.69) is 35.2 Å². The van der Waals surface area contributed by atoms with E-state index in [0.717, 1.165) is 45.3 Å². The molecule has 0 aliphatic carbocycles. The fourth-order valence-electron chi connectivity index (χ4n) is 4.32. The molecule has 0 N–H and O–H groups in total. The third kappa shape index (κ3) is 3.96. The van der Waals surface area contributed by atoms with Crippen molar-refractivity contribution in [1.82, 2.24) is 9.80 Å². The van der Waals surface area contributed by atoms with Gasteiger partial charge in [-0.2, -0.15) is 0 Å². The first kappa shape index (κ1) is 17.9. The van der Waals surface area contributed by atoms with Gasteiger partial charge in [-0.1, -0.05) is 42.5 Å². The van der Waals surface area contributed by atoms with E-state index >= 15 is 0 Å². The minimum absolute atomic E-state index is 0.128.